The highest BCUT2D eigenvalue weighted by Crippen LogP contribution is 2.51. The van der Waals surface area contributed by atoms with E-state index in [-0.39, 0.29) is 11.8 Å². The summed E-state index contributed by atoms with van der Waals surface area (Å²) in [6.45, 7) is 0. The Morgan fingerprint density at radius 3 is 2.47 bits per heavy atom. The standard InChI is InChI=1S/C28H28FN3O2/c1-34-28(33)19-8-10-24-25(14-19)32-27(31-24)26(18-6-7-18)17-4-2-16(3-5-17)21-12-13-30-23-11-9-20(29)15-22(21)23/h8-18,26H,2-7H2,1H3,(H,31,32). The number of H-pyrrole nitrogens is 1. The van der Waals surface area contributed by atoms with E-state index < -0.39 is 0 Å². The number of ether oxygens (including phenoxy) is 1. The highest BCUT2D eigenvalue weighted by molar-refractivity contribution is 5.93. The van der Waals surface area contributed by atoms with Crippen molar-refractivity contribution in [3.05, 3.63) is 71.4 Å². The van der Waals surface area contributed by atoms with Crippen LogP contribution in [0.1, 0.15) is 72.1 Å². The molecule has 2 heterocycles. The quantitative estimate of drug-likeness (QED) is 0.347. The average Bonchev–Trinajstić information content (AvgIpc) is 3.61. The zero-order valence-corrected chi connectivity index (χ0v) is 19.3. The number of aromatic amines is 1. The zero-order valence-electron chi connectivity index (χ0n) is 19.3. The number of nitrogens with zero attached hydrogens (tertiary/aromatic N) is 2. The molecule has 0 radical (unpaired) electrons. The van der Waals surface area contributed by atoms with Gasteiger partial charge in [-0.15, -0.1) is 0 Å². The number of hydrogen-bond acceptors (Lipinski definition) is 4. The Hall–Kier alpha value is -3.28. The van der Waals surface area contributed by atoms with Gasteiger partial charge in [-0.1, -0.05) is 0 Å². The number of fused-ring (bicyclic) bond motifs is 2. The minimum Gasteiger partial charge on any atom is -0.465 e. The molecule has 174 valence electrons. The van der Waals surface area contributed by atoms with Gasteiger partial charge in [0.1, 0.15) is 11.6 Å². The van der Waals surface area contributed by atoms with Gasteiger partial charge in [0, 0.05) is 17.5 Å². The number of carbonyl (C=O) groups excluding carboxylic acids is 1. The van der Waals surface area contributed by atoms with Gasteiger partial charge < -0.3 is 9.72 Å². The second kappa shape index (κ2) is 8.49. The summed E-state index contributed by atoms with van der Waals surface area (Å²) in [5, 5.41) is 0.948. The third kappa shape index (κ3) is 3.85. The lowest BCUT2D eigenvalue weighted by atomic mass is 9.72. The number of imidazole rings is 1. The molecule has 1 unspecified atom stereocenters. The van der Waals surface area contributed by atoms with Crippen LogP contribution in [0.15, 0.2) is 48.7 Å². The summed E-state index contributed by atoms with van der Waals surface area (Å²) in [6, 6.07) is 12.5. The summed E-state index contributed by atoms with van der Waals surface area (Å²) in [6.07, 6.45) is 8.82. The second-order valence-corrected chi connectivity index (χ2v) is 9.88. The van der Waals surface area contributed by atoms with Crippen molar-refractivity contribution in [2.45, 2.75) is 50.4 Å². The normalized spacial score (nSPS) is 21.6. The van der Waals surface area contributed by atoms with E-state index in [2.05, 4.69) is 16.0 Å². The average molecular weight is 458 g/mol. The molecule has 2 aliphatic carbocycles. The summed E-state index contributed by atoms with van der Waals surface area (Å²) < 4.78 is 18.8. The number of halogens is 1. The van der Waals surface area contributed by atoms with Crippen LogP contribution in [0.5, 0.6) is 0 Å². The number of hydrogen-bond donors (Lipinski definition) is 1. The molecule has 0 bridgehead atoms. The molecule has 2 aromatic heterocycles. The molecule has 0 amide bonds. The zero-order chi connectivity index (χ0) is 23.2. The molecule has 5 nitrogen and oxygen atoms in total. The van der Waals surface area contributed by atoms with Gasteiger partial charge in [-0.25, -0.2) is 14.2 Å². The number of nitrogens with one attached hydrogen (secondary N) is 1. The van der Waals surface area contributed by atoms with Crippen LogP contribution in [0.4, 0.5) is 4.39 Å². The number of methoxy groups -OCH3 is 1. The number of esters is 1. The van der Waals surface area contributed by atoms with Gasteiger partial charge >= 0.3 is 5.97 Å². The van der Waals surface area contributed by atoms with Crippen molar-refractivity contribution in [3.63, 3.8) is 0 Å². The van der Waals surface area contributed by atoms with Gasteiger partial charge in [-0.2, -0.15) is 0 Å². The van der Waals surface area contributed by atoms with Crippen LogP contribution in [-0.2, 0) is 4.74 Å². The van der Waals surface area contributed by atoms with E-state index in [4.69, 9.17) is 9.72 Å². The molecule has 2 aromatic carbocycles. The molecule has 6 heteroatoms. The van der Waals surface area contributed by atoms with Crippen molar-refractivity contribution >= 4 is 27.9 Å². The third-order valence-corrected chi connectivity index (χ3v) is 7.82. The van der Waals surface area contributed by atoms with Gasteiger partial charge in [0.05, 0.1) is 29.2 Å². The van der Waals surface area contributed by atoms with Gasteiger partial charge in [0.2, 0.25) is 0 Å². The molecule has 2 fully saturated rings. The molecule has 0 saturated heterocycles. The minimum atomic E-state index is -0.335. The van der Waals surface area contributed by atoms with Crippen molar-refractivity contribution < 1.29 is 13.9 Å². The van der Waals surface area contributed by atoms with E-state index in [1.54, 1.807) is 18.2 Å². The van der Waals surface area contributed by atoms with Crippen molar-refractivity contribution in [2.75, 3.05) is 7.11 Å². The van der Waals surface area contributed by atoms with E-state index in [1.165, 1.54) is 31.6 Å². The molecule has 1 N–H and O–H groups in total. The molecule has 34 heavy (non-hydrogen) atoms. The Kier molecular flexibility index (Phi) is 5.31. The van der Waals surface area contributed by atoms with Crippen LogP contribution in [0, 0.1) is 17.7 Å². The predicted molar refractivity (Wildman–Crippen MR) is 129 cm³/mol. The highest BCUT2D eigenvalue weighted by Gasteiger charge is 2.41. The maximum atomic E-state index is 13.9. The fourth-order valence-electron chi connectivity index (χ4n) is 6.00. The highest BCUT2D eigenvalue weighted by atomic mass is 19.1. The van der Waals surface area contributed by atoms with Crippen LogP contribution in [0.2, 0.25) is 0 Å². The van der Waals surface area contributed by atoms with E-state index in [9.17, 15) is 9.18 Å². The van der Waals surface area contributed by atoms with E-state index in [0.717, 1.165) is 53.4 Å². The van der Waals surface area contributed by atoms with Crippen LogP contribution >= 0.6 is 0 Å². The van der Waals surface area contributed by atoms with Crippen molar-refractivity contribution in [2.24, 2.45) is 11.8 Å². The molecule has 2 aliphatic rings. The minimum absolute atomic E-state index is 0.204. The maximum Gasteiger partial charge on any atom is 0.337 e. The third-order valence-electron chi connectivity index (χ3n) is 7.82. The summed E-state index contributed by atoms with van der Waals surface area (Å²) in [5.41, 5.74) is 4.42. The number of pyridine rings is 1. The molecule has 6 rings (SSSR count). The van der Waals surface area contributed by atoms with Crippen LogP contribution in [-0.4, -0.2) is 28.0 Å². The fourth-order valence-corrected chi connectivity index (χ4v) is 6.00. The fraction of sp³-hybridized carbons (Fsp3) is 0.393. The summed E-state index contributed by atoms with van der Waals surface area (Å²) in [7, 11) is 1.40. The SMILES string of the molecule is COC(=O)c1ccc2nc(C(C3CCC(c4ccnc5ccc(F)cc45)CC3)C3CC3)[nH]c2c1. The summed E-state index contributed by atoms with van der Waals surface area (Å²) in [5.74, 6) is 2.62. The predicted octanol–water partition coefficient (Wildman–Crippen LogP) is 6.50. The Bertz CT molecular complexity index is 1370. The van der Waals surface area contributed by atoms with E-state index in [0.29, 0.717) is 29.2 Å². The molecular formula is C28H28FN3O2. The monoisotopic (exact) mass is 457 g/mol. The van der Waals surface area contributed by atoms with Crippen molar-refractivity contribution in [1.29, 1.82) is 0 Å². The van der Waals surface area contributed by atoms with Crippen molar-refractivity contribution in [1.82, 2.24) is 15.0 Å². The molecule has 0 aliphatic heterocycles. The molecule has 1 atom stereocenters. The molecule has 2 saturated carbocycles. The molecule has 4 aromatic rings. The Morgan fingerprint density at radius 1 is 1.00 bits per heavy atom. The first-order valence-corrected chi connectivity index (χ1v) is 12.2. The van der Waals surface area contributed by atoms with Gasteiger partial charge in [-0.05, 0) is 104 Å². The topological polar surface area (TPSA) is 67.9 Å². The number of carbonyl (C=O) groups is 1. The maximum absolute atomic E-state index is 13.9. The van der Waals surface area contributed by atoms with Crippen molar-refractivity contribution in [3.8, 4) is 0 Å². The Balaban J connectivity index is 1.24. The summed E-state index contributed by atoms with van der Waals surface area (Å²) in [4.78, 5) is 24.8. The largest absolute Gasteiger partial charge is 0.465 e. The van der Waals surface area contributed by atoms with E-state index in [1.807, 2.05) is 18.3 Å². The lowest BCUT2D eigenvalue weighted by molar-refractivity contribution is 0.0601. The van der Waals surface area contributed by atoms with Crippen LogP contribution in [0.3, 0.4) is 0 Å². The van der Waals surface area contributed by atoms with Crippen LogP contribution in [0.25, 0.3) is 21.9 Å². The van der Waals surface area contributed by atoms with E-state index >= 15 is 0 Å². The number of benzene rings is 2. The van der Waals surface area contributed by atoms with Gasteiger partial charge in [0.25, 0.3) is 0 Å². The summed E-state index contributed by atoms with van der Waals surface area (Å²) >= 11 is 0. The smallest absolute Gasteiger partial charge is 0.337 e. The lowest BCUT2D eigenvalue weighted by Crippen LogP contribution is -2.22. The first-order valence-electron chi connectivity index (χ1n) is 12.2. The Morgan fingerprint density at radius 2 is 1.74 bits per heavy atom. The molecular weight excluding hydrogens is 429 g/mol. The second-order valence-electron chi connectivity index (χ2n) is 9.88. The first kappa shape index (κ1) is 21.3. The lowest BCUT2D eigenvalue weighted by Gasteiger charge is -2.34. The molecule has 0 spiro atoms. The number of aromatic nitrogens is 3. The van der Waals surface area contributed by atoms with Crippen LogP contribution < -0.4 is 0 Å². The Labute approximate surface area is 197 Å². The number of rotatable bonds is 5. The first-order chi connectivity index (χ1) is 16.6. The van der Waals surface area contributed by atoms with Gasteiger partial charge in [0.15, 0.2) is 0 Å². The van der Waals surface area contributed by atoms with Gasteiger partial charge in [-0.3, -0.25) is 4.98 Å².